The zero-order valence-corrected chi connectivity index (χ0v) is 18.8. The van der Waals surface area contributed by atoms with E-state index >= 15 is 0 Å². The number of carbonyl (C=O) groups is 3. The molecule has 0 unspecified atom stereocenters. The first-order valence-electron chi connectivity index (χ1n) is 11.1. The first kappa shape index (κ1) is 23.3. The normalized spacial score (nSPS) is 15.0. The quantitative estimate of drug-likeness (QED) is 0.623. The Hall–Kier alpha value is -3.35. The van der Waals surface area contributed by atoms with Gasteiger partial charge >= 0.3 is 6.03 Å². The lowest BCUT2D eigenvalue weighted by Gasteiger charge is -2.33. The molecule has 1 atom stereocenters. The second-order valence-electron chi connectivity index (χ2n) is 8.36. The number of hydrogen-bond acceptors (Lipinski definition) is 3. The zero-order valence-electron chi connectivity index (χ0n) is 18.8. The van der Waals surface area contributed by atoms with E-state index in [-0.39, 0.29) is 23.9 Å². The van der Waals surface area contributed by atoms with Crippen LogP contribution in [0.1, 0.15) is 36.5 Å². The van der Waals surface area contributed by atoms with E-state index in [0.717, 1.165) is 16.7 Å². The van der Waals surface area contributed by atoms with Crippen LogP contribution in [0.25, 0.3) is 0 Å². The Bertz CT molecular complexity index is 924. The van der Waals surface area contributed by atoms with Crippen molar-refractivity contribution in [2.24, 2.45) is 0 Å². The number of urea groups is 1. The summed E-state index contributed by atoms with van der Waals surface area (Å²) in [6.45, 7) is 5.07. The van der Waals surface area contributed by atoms with Crippen molar-refractivity contribution in [2.45, 2.75) is 51.7 Å². The fourth-order valence-electron chi connectivity index (χ4n) is 3.94. The topological polar surface area (TPSA) is 90.5 Å². The molecule has 0 bridgehead atoms. The van der Waals surface area contributed by atoms with Crippen LogP contribution in [0.15, 0.2) is 54.6 Å². The summed E-state index contributed by atoms with van der Waals surface area (Å²) in [7, 11) is 0. The van der Waals surface area contributed by atoms with Crippen LogP contribution in [-0.2, 0) is 22.6 Å². The maximum atomic E-state index is 12.9. The minimum absolute atomic E-state index is 0.0190. The standard InChI is InChI=1S/C25H32N4O3/c1-18-7-6-10-21(15-18)16-23(27-19(2)30)24(31)28-22-11-13-29(14-12-22)25(32)26-17-20-8-4-3-5-9-20/h3-10,15,22-23H,11-14,16-17H2,1-2H3,(H,26,32)(H,27,30)(H,28,31)/t23-/m0/s1. The Kier molecular flexibility index (Phi) is 8.25. The number of piperidine rings is 1. The molecule has 1 heterocycles. The maximum absolute atomic E-state index is 12.9. The number of nitrogens with one attached hydrogen (secondary N) is 3. The van der Waals surface area contributed by atoms with Gasteiger partial charge in [-0.2, -0.15) is 0 Å². The molecule has 170 valence electrons. The van der Waals surface area contributed by atoms with Crippen molar-refractivity contribution in [1.29, 1.82) is 0 Å². The molecule has 3 rings (SSSR count). The molecule has 1 aliphatic heterocycles. The van der Waals surface area contributed by atoms with Crippen LogP contribution in [0.5, 0.6) is 0 Å². The van der Waals surface area contributed by atoms with Crippen LogP contribution in [0, 0.1) is 6.92 Å². The van der Waals surface area contributed by atoms with Crippen LogP contribution < -0.4 is 16.0 Å². The van der Waals surface area contributed by atoms with Crippen molar-refractivity contribution in [3.05, 3.63) is 71.3 Å². The van der Waals surface area contributed by atoms with Gasteiger partial charge in [-0.05, 0) is 30.9 Å². The number of hydrogen-bond donors (Lipinski definition) is 3. The first-order chi connectivity index (χ1) is 15.4. The van der Waals surface area contributed by atoms with E-state index in [1.165, 1.54) is 6.92 Å². The summed E-state index contributed by atoms with van der Waals surface area (Å²) in [5.41, 5.74) is 3.17. The molecule has 7 nitrogen and oxygen atoms in total. The lowest BCUT2D eigenvalue weighted by molar-refractivity contribution is -0.128. The zero-order chi connectivity index (χ0) is 22.9. The summed E-state index contributed by atoms with van der Waals surface area (Å²) in [5, 5.41) is 8.78. The molecule has 1 saturated heterocycles. The van der Waals surface area contributed by atoms with Gasteiger partial charge in [-0.1, -0.05) is 60.2 Å². The van der Waals surface area contributed by atoms with Gasteiger partial charge in [0.05, 0.1) is 0 Å². The molecule has 1 aliphatic rings. The van der Waals surface area contributed by atoms with Crippen LogP contribution >= 0.6 is 0 Å². The largest absolute Gasteiger partial charge is 0.351 e. The molecular formula is C25H32N4O3. The van der Waals surface area contributed by atoms with E-state index in [4.69, 9.17) is 0 Å². The molecule has 3 N–H and O–H groups in total. The number of amides is 4. The predicted molar refractivity (Wildman–Crippen MR) is 124 cm³/mol. The van der Waals surface area contributed by atoms with Gasteiger partial charge in [0, 0.05) is 39.0 Å². The van der Waals surface area contributed by atoms with Crippen molar-refractivity contribution < 1.29 is 14.4 Å². The molecule has 0 saturated carbocycles. The number of rotatable bonds is 7. The molecule has 7 heteroatoms. The smallest absolute Gasteiger partial charge is 0.317 e. The van der Waals surface area contributed by atoms with Gasteiger partial charge in [0.1, 0.15) is 6.04 Å². The summed E-state index contributed by atoms with van der Waals surface area (Å²) in [6.07, 6.45) is 1.80. The lowest BCUT2D eigenvalue weighted by atomic mass is 10.0. The number of nitrogens with zero attached hydrogens (tertiary/aromatic N) is 1. The summed E-state index contributed by atoms with van der Waals surface area (Å²) in [5.74, 6) is -0.420. The van der Waals surface area contributed by atoms with Gasteiger partial charge in [-0.3, -0.25) is 9.59 Å². The molecule has 0 aliphatic carbocycles. The van der Waals surface area contributed by atoms with E-state index in [9.17, 15) is 14.4 Å². The van der Waals surface area contributed by atoms with Gasteiger partial charge < -0.3 is 20.9 Å². The highest BCUT2D eigenvalue weighted by Gasteiger charge is 2.27. The minimum atomic E-state index is -0.624. The van der Waals surface area contributed by atoms with E-state index in [1.807, 2.05) is 61.5 Å². The molecular weight excluding hydrogens is 404 g/mol. The Balaban J connectivity index is 1.48. The van der Waals surface area contributed by atoms with Crippen molar-refractivity contribution in [3.63, 3.8) is 0 Å². The highest BCUT2D eigenvalue weighted by Crippen LogP contribution is 2.12. The molecule has 2 aromatic rings. The van der Waals surface area contributed by atoms with Crippen molar-refractivity contribution in [2.75, 3.05) is 13.1 Å². The summed E-state index contributed by atoms with van der Waals surface area (Å²) in [4.78, 5) is 38.8. The first-order valence-corrected chi connectivity index (χ1v) is 11.1. The van der Waals surface area contributed by atoms with Crippen molar-refractivity contribution in [1.82, 2.24) is 20.9 Å². The van der Waals surface area contributed by atoms with E-state index in [1.54, 1.807) is 4.90 Å². The van der Waals surface area contributed by atoms with E-state index < -0.39 is 6.04 Å². The SMILES string of the molecule is CC(=O)N[C@@H](Cc1cccc(C)c1)C(=O)NC1CCN(C(=O)NCc2ccccc2)CC1. The molecule has 4 amide bonds. The number of likely N-dealkylation sites (tertiary alicyclic amines) is 1. The summed E-state index contributed by atoms with van der Waals surface area (Å²) in [6, 6.07) is 17.0. The van der Waals surface area contributed by atoms with Gasteiger partial charge in [-0.15, -0.1) is 0 Å². The highest BCUT2D eigenvalue weighted by molar-refractivity contribution is 5.87. The summed E-state index contributed by atoms with van der Waals surface area (Å²) < 4.78 is 0. The Morgan fingerprint density at radius 3 is 2.34 bits per heavy atom. The Morgan fingerprint density at radius 2 is 1.69 bits per heavy atom. The minimum Gasteiger partial charge on any atom is -0.351 e. The van der Waals surface area contributed by atoms with Crippen LogP contribution in [0.4, 0.5) is 4.79 Å². The second kappa shape index (κ2) is 11.3. The number of carbonyl (C=O) groups excluding carboxylic acids is 3. The monoisotopic (exact) mass is 436 g/mol. The van der Waals surface area contributed by atoms with Crippen molar-refractivity contribution in [3.8, 4) is 0 Å². The lowest BCUT2D eigenvalue weighted by Crippen LogP contribution is -2.54. The molecule has 0 spiro atoms. The third-order valence-corrected chi connectivity index (χ3v) is 5.63. The van der Waals surface area contributed by atoms with Gasteiger partial charge in [0.15, 0.2) is 0 Å². The molecule has 2 aromatic carbocycles. The third kappa shape index (κ3) is 7.11. The molecule has 0 aromatic heterocycles. The maximum Gasteiger partial charge on any atom is 0.317 e. The van der Waals surface area contributed by atoms with Gasteiger partial charge in [-0.25, -0.2) is 4.79 Å². The second-order valence-corrected chi connectivity index (χ2v) is 8.36. The van der Waals surface area contributed by atoms with Gasteiger partial charge in [0.2, 0.25) is 11.8 Å². The average molecular weight is 437 g/mol. The van der Waals surface area contributed by atoms with Gasteiger partial charge in [0.25, 0.3) is 0 Å². The molecule has 32 heavy (non-hydrogen) atoms. The van der Waals surface area contributed by atoms with Crippen LogP contribution in [-0.4, -0.2) is 47.9 Å². The number of aryl methyl sites for hydroxylation is 1. The fourth-order valence-corrected chi connectivity index (χ4v) is 3.94. The average Bonchev–Trinajstić information content (AvgIpc) is 2.78. The molecule has 1 fully saturated rings. The van der Waals surface area contributed by atoms with Crippen LogP contribution in [0.2, 0.25) is 0 Å². The third-order valence-electron chi connectivity index (χ3n) is 5.63. The molecule has 0 radical (unpaired) electrons. The summed E-state index contributed by atoms with van der Waals surface area (Å²) >= 11 is 0. The predicted octanol–water partition coefficient (Wildman–Crippen LogP) is 2.53. The Labute approximate surface area is 189 Å². The van der Waals surface area contributed by atoms with E-state index in [2.05, 4.69) is 16.0 Å². The highest BCUT2D eigenvalue weighted by atomic mass is 16.2. The Morgan fingerprint density at radius 1 is 1.00 bits per heavy atom. The van der Waals surface area contributed by atoms with Crippen molar-refractivity contribution >= 4 is 17.8 Å². The van der Waals surface area contributed by atoms with Crippen LogP contribution in [0.3, 0.4) is 0 Å². The number of benzene rings is 2. The van der Waals surface area contributed by atoms with E-state index in [0.29, 0.717) is 38.9 Å². The fraction of sp³-hybridized carbons (Fsp3) is 0.400.